The molecule has 0 spiro atoms. The van der Waals surface area contributed by atoms with Gasteiger partial charge < -0.3 is 15.0 Å². The van der Waals surface area contributed by atoms with Crippen molar-refractivity contribution in [2.75, 3.05) is 7.11 Å². The Hall–Kier alpha value is -2.14. The van der Waals surface area contributed by atoms with Crippen molar-refractivity contribution in [3.05, 3.63) is 41.3 Å². The number of hydrogen-bond donors (Lipinski definition) is 2. The number of ether oxygens (including phenoxy) is 1. The molecular weight excluding hydrogens is 230 g/mol. The number of methoxy groups -OCH3 is 1. The van der Waals surface area contributed by atoms with Gasteiger partial charge in [-0.05, 0) is 11.6 Å². The molecule has 5 heteroatoms. The van der Waals surface area contributed by atoms with Crippen molar-refractivity contribution in [3.63, 3.8) is 0 Å². The fourth-order valence-electron chi connectivity index (χ4n) is 2.28. The van der Waals surface area contributed by atoms with E-state index >= 15 is 0 Å². The Morgan fingerprint density at radius 3 is 3.17 bits per heavy atom. The summed E-state index contributed by atoms with van der Waals surface area (Å²) < 4.78 is 4.81. The van der Waals surface area contributed by atoms with Crippen LogP contribution in [-0.2, 0) is 17.8 Å². The minimum atomic E-state index is -0.342. The van der Waals surface area contributed by atoms with Crippen molar-refractivity contribution in [1.82, 2.24) is 15.3 Å². The first-order chi connectivity index (χ1) is 8.81. The molecule has 2 N–H and O–H groups in total. The summed E-state index contributed by atoms with van der Waals surface area (Å²) in [7, 11) is 1.38. The van der Waals surface area contributed by atoms with Crippen LogP contribution in [0.5, 0.6) is 0 Å². The minimum absolute atomic E-state index is 0.342. The van der Waals surface area contributed by atoms with E-state index in [2.05, 4.69) is 15.3 Å². The van der Waals surface area contributed by atoms with E-state index in [1.807, 2.05) is 12.1 Å². The van der Waals surface area contributed by atoms with E-state index in [1.54, 1.807) is 12.4 Å². The maximum Gasteiger partial charge on any atom is 0.340 e. The summed E-state index contributed by atoms with van der Waals surface area (Å²) in [5.74, 6) is -0.342. The predicted molar refractivity (Wildman–Crippen MR) is 65.9 cm³/mol. The van der Waals surface area contributed by atoms with Gasteiger partial charge in [0.15, 0.2) is 0 Å². The molecule has 0 aromatic carbocycles. The maximum atomic E-state index is 11.8. The number of aromatic amines is 1. The second kappa shape index (κ2) is 4.27. The molecule has 1 aliphatic rings. The smallest absolute Gasteiger partial charge is 0.340 e. The Balaban J connectivity index is 2.24. The highest BCUT2D eigenvalue weighted by Crippen LogP contribution is 2.31. The fraction of sp³-hybridized carbons (Fsp3) is 0.231. The first-order valence-electron chi connectivity index (χ1n) is 5.75. The molecule has 1 aliphatic heterocycles. The number of rotatable bonds is 1. The largest absolute Gasteiger partial charge is 0.465 e. The molecule has 0 atom stereocenters. The van der Waals surface area contributed by atoms with Crippen molar-refractivity contribution in [3.8, 4) is 11.3 Å². The van der Waals surface area contributed by atoms with E-state index in [9.17, 15) is 4.79 Å². The number of esters is 1. The lowest BCUT2D eigenvalue weighted by Crippen LogP contribution is -2.10. The highest BCUT2D eigenvalue weighted by Gasteiger charge is 2.23. The number of nitrogens with one attached hydrogen (secondary N) is 2. The standard InChI is InChI=1S/C13H13N3O2/c1-18-13(17)9-6-16-10-7-14-5-8-3-2-4-15-12(8)11(9)10/h2-4,6,14,16H,5,7H2,1H3. The summed E-state index contributed by atoms with van der Waals surface area (Å²) >= 11 is 0. The number of H-pyrrole nitrogens is 1. The summed E-state index contributed by atoms with van der Waals surface area (Å²) in [4.78, 5) is 19.3. The van der Waals surface area contributed by atoms with E-state index in [0.29, 0.717) is 12.1 Å². The highest BCUT2D eigenvalue weighted by atomic mass is 16.5. The number of fused-ring (bicyclic) bond motifs is 3. The Bertz CT molecular complexity index is 604. The molecule has 0 radical (unpaired) electrons. The summed E-state index contributed by atoms with van der Waals surface area (Å²) in [5.41, 5.74) is 4.28. The molecule has 3 heterocycles. The summed E-state index contributed by atoms with van der Waals surface area (Å²) in [6.45, 7) is 1.43. The fourth-order valence-corrected chi connectivity index (χ4v) is 2.28. The Kier molecular flexibility index (Phi) is 2.60. The van der Waals surface area contributed by atoms with Crippen LogP contribution in [0.2, 0.25) is 0 Å². The minimum Gasteiger partial charge on any atom is -0.465 e. The van der Waals surface area contributed by atoms with Crippen LogP contribution in [0.15, 0.2) is 24.5 Å². The number of pyridine rings is 1. The van der Waals surface area contributed by atoms with Crippen molar-refractivity contribution in [2.45, 2.75) is 13.1 Å². The van der Waals surface area contributed by atoms with Gasteiger partial charge in [0.05, 0.1) is 18.4 Å². The van der Waals surface area contributed by atoms with Crippen LogP contribution in [0.25, 0.3) is 11.3 Å². The molecule has 0 bridgehead atoms. The molecule has 0 saturated heterocycles. The zero-order valence-electron chi connectivity index (χ0n) is 9.99. The summed E-state index contributed by atoms with van der Waals surface area (Å²) in [6, 6.07) is 3.91. The lowest BCUT2D eigenvalue weighted by Gasteiger charge is -2.06. The lowest BCUT2D eigenvalue weighted by molar-refractivity contribution is 0.0601. The van der Waals surface area contributed by atoms with Gasteiger partial charge in [0.25, 0.3) is 0 Å². The highest BCUT2D eigenvalue weighted by molar-refractivity contribution is 5.98. The van der Waals surface area contributed by atoms with Crippen LogP contribution < -0.4 is 5.32 Å². The van der Waals surface area contributed by atoms with Gasteiger partial charge in [0, 0.05) is 36.7 Å². The first-order valence-corrected chi connectivity index (χ1v) is 5.75. The van der Waals surface area contributed by atoms with Crippen LogP contribution in [0.4, 0.5) is 0 Å². The lowest BCUT2D eigenvalue weighted by atomic mass is 10.0. The molecule has 2 aromatic heterocycles. The van der Waals surface area contributed by atoms with Crippen molar-refractivity contribution >= 4 is 5.97 Å². The van der Waals surface area contributed by atoms with E-state index in [4.69, 9.17) is 4.74 Å². The zero-order chi connectivity index (χ0) is 12.5. The quantitative estimate of drug-likeness (QED) is 0.744. The van der Waals surface area contributed by atoms with Gasteiger partial charge in [-0.15, -0.1) is 0 Å². The van der Waals surface area contributed by atoms with Gasteiger partial charge in [-0.3, -0.25) is 4.98 Å². The monoisotopic (exact) mass is 243 g/mol. The molecule has 92 valence electrons. The average Bonchev–Trinajstić information content (AvgIpc) is 2.74. The first kappa shape index (κ1) is 11.0. The normalized spacial score (nSPS) is 13.4. The van der Waals surface area contributed by atoms with Crippen molar-refractivity contribution in [1.29, 1.82) is 0 Å². The topological polar surface area (TPSA) is 67.0 Å². The molecule has 0 saturated carbocycles. The molecule has 0 amide bonds. The molecule has 2 aromatic rings. The van der Waals surface area contributed by atoms with Gasteiger partial charge in [-0.1, -0.05) is 6.07 Å². The number of nitrogens with zero attached hydrogens (tertiary/aromatic N) is 1. The van der Waals surface area contributed by atoms with Crippen LogP contribution in [-0.4, -0.2) is 23.0 Å². The Morgan fingerprint density at radius 2 is 2.33 bits per heavy atom. The van der Waals surface area contributed by atoms with Crippen LogP contribution in [0.1, 0.15) is 21.6 Å². The zero-order valence-corrected chi connectivity index (χ0v) is 9.99. The molecule has 0 fully saturated rings. The number of carbonyl (C=O) groups is 1. The van der Waals surface area contributed by atoms with Gasteiger partial charge in [-0.2, -0.15) is 0 Å². The Labute approximate surface area is 104 Å². The number of carbonyl (C=O) groups excluding carboxylic acids is 1. The van der Waals surface area contributed by atoms with Crippen molar-refractivity contribution < 1.29 is 9.53 Å². The molecule has 3 rings (SSSR count). The Morgan fingerprint density at radius 1 is 1.44 bits per heavy atom. The molecule has 18 heavy (non-hydrogen) atoms. The molecular formula is C13H13N3O2. The third kappa shape index (κ3) is 1.60. The second-order valence-corrected chi connectivity index (χ2v) is 4.16. The number of aromatic nitrogens is 2. The SMILES string of the molecule is COC(=O)c1c[nH]c2c1-c1ncccc1CNC2. The van der Waals surface area contributed by atoms with E-state index in [1.165, 1.54) is 7.11 Å². The van der Waals surface area contributed by atoms with Crippen LogP contribution in [0, 0.1) is 0 Å². The molecule has 0 aliphatic carbocycles. The van der Waals surface area contributed by atoms with E-state index in [0.717, 1.165) is 29.1 Å². The third-order valence-corrected chi connectivity index (χ3v) is 3.11. The molecule has 5 nitrogen and oxygen atoms in total. The average molecular weight is 243 g/mol. The van der Waals surface area contributed by atoms with Crippen molar-refractivity contribution in [2.24, 2.45) is 0 Å². The van der Waals surface area contributed by atoms with Crippen LogP contribution in [0.3, 0.4) is 0 Å². The third-order valence-electron chi connectivity index (χ3n) is 3.11. The van der Waals surface area contributed by atoms with Crippen LogP contribution >= 0.6 is 0 Å². The summed E-state index contributed by atoms with van der Waals surface area (Å²) in [6.07, 6.45) is 3.42. The second-order valence-electron chi connectivity index (χ2n) is 4.16. The number of hydrogen-bond acceptors (Lipinski definition) is 4. The van der Waals surface area contributed by atoms with E-state index in [-0.39, 0.29) is 5.97 Å². The van der Waals surface area contributed by atoms with Gasteiger partial charge in [0.1, 0.15) is 0 Å². The van der Waals surface area contributed by atoms with Gasteiger partial charge in [0.2, 0.25) is 0 Å². The predicted octanol–water partition coefficient (Wildman–Crippen LogP) is 1.47. The molecule has 0 unspecified atom stereocenters. The maximum absolute atomic E-state index is 11.8. The summed E-state index contributed by atoms with van der Waals surface area (Å²) in [5, 5.41) is 3.31. The van der Waals surface area contributed by atoms with Gasteiger partial charge in [-0.25, -0.2) is 4.79 Å². The van der Waals surface area contributed by atoms with E-state index < -0.39 is 0 Å². The van der Waals surface area contributed by atoms with Gasteiger partial charge >= 0.3 is 5.97 Å².